The summed E-state index contributed by atoms with van der Waals surface area (Å²) in [6.45, 7) is -0.140. The normalized spacial score (nSPS) is 10.5. The Morgan fingerprint density at radius 3 is 2.39 bits per heavy atom. The van der Waals surface area contributed by atoms with Gasteiger partial charge in [-0.2, -0.15) is 5.10 Å². The summed E-state index contributed by atoms with van der Waals surface area (Å²) in [4.78, 5) is 33.8. The van der Waals surface area contributed by atoms with E-state index in [-0.39, 0.29) is 46.0 Å². The fourth-order valence-corrected chi connectivity index (χ4v) is 3.49. The number of para-hydroxylation sites is 2. The summed E-state index contributed by atoms with van der Waals surface area (Å²) in [5, 5.41) is 29.0. The van der Waals surface area contributed by atoms with E-state index in [1.807, 2.05) is 0 Å². The number of nitrogens with one attached hydrogen (secondary N) is 1. The highest BCUT2D eigenvalue weighted by Crippen LogP contribution is 2.34. The van der Waals surface area contributed by atoms with Gasteiger partial charge in [0, 0.05) is 30.5 Å². The van der Waals surface area contributed by atoms with Gasteiger partial charge in [-0.3, -0.25) is 25.0 Å². The maximum atomic E-state index is 12.8. The van der Waals surface area contributed by atoms with Crippen molar-refractivity contribution in [3.63, 3.8) is 0 Å². The molecule has 0 aliphatic heterocycles. The summed E-state index contributed by atoms with van der Waals surface area (Å²) in [6.07, 6.45) is 1.47. The van der Waals surface area contributed by atoms with Crippen LogP contribution in [0.4, 0.5) is 17.1 Å². The lowest BCUT2D eigenvalue weighted by molar-refractivity contribution is -0.385. The Morgan fingerprint density at radius 1 is 0.974 bits per heavy atom. The number of methoxy groups -OCH3 is 1. The van der Waals surface area contributed by atoms with Gasteiger partial charge < -0.3 is 19.5 Å². The van der Waals surface area contributed by atoms with E-state index in [1.54, 1.807) is 24.3 Å². The van der Waals surface area contributed by atoms with Crippen LogP contribution in [0.25, 0.3) is 0 Å². The molecule has 1 heterocycles. The van der Waals surface area contributed by atoms with Crippen molar-refractivity contribution in [2.24, 2.45) is 0 Å². The van der Waals surface area contributed by atoms with Crippen LogP contribution >= 0.6 is 11.6 Å². The molecule has 1 amide bonds. The highest BCUT2D eigenvalue weighted by Gasteiger charge is 2.17. The highest BCUT2D eigenvalue weighted by atomic mass is 35.5. The molecule has 0 aliphatic rings. The Bertz CT molecular complexity index is 1520. The number of non-ortho nitro benzene ring substituents is 2. The van der Waals surface area contributed by atoms with Gasteiger partial charge >= 0.3 is 0 Å². The molecule has 194 valence electrons. The Balaban J connectivity index is 1.46. The Labute approximate surface area is 219 Å². The maximum absolute atomic E-state index is 12.8. The number of hydrogen-bond donors (Lipinski definition) is 1. The third-order valence-electron chi connectivity index (χ3n) is 5.01. The molecule has 0 radical (unpaired) electrons. The molecule has 0 unspecified atom stereocenters. The number of benzene rings is 3. The van der Waals surface area contributed by atoms with Gasteiger partial charge in [0.15, 0.2) is 23.9 Å². The van der Waals surface area contributed by atoms with Gasteiger partial charge in [-0.25, -0.2) is 4.68 Å². The number of nitro groups is 2. The van der Waals surface area contributed by atoms with E-state index in [0.29, 0.717) is 11.5 Å². The summed E-state index contributed by atoms with van der Waals surface area (Å²) in [7, 11) is 1.46. The number of hydrogen-bond acceptors (Lipinski definition) is 9. The lowest BCUT2D eigenvalue weighted by atomic mass is 10.2. The maximum Gasteiger partial charge on any atom is 0.276 e. The molecule has 1 N–H and O–H groups in total. The van der Waals surface area contributed by atoms with E-state index >= 15 is 0 Å². The lowest BCUT2D eigenvalue weighted by Crippen LogP contribution is -2.14. The summed E-state index contributed by atoms with van der Waals surface area (Å²) >= 11 is 6.01. The molecule has 0 atom stereocenters. The molecule has 4 rings (SSSR count). The third-order valence-corrected chi connectivity index (χ3v) is 5.30. The van der Waals surface area contributed by atoms with Gasteiger partial charge in [0.05, 0.1) is 33.7 Å². The van der Waals surface area contributed by atoms with E-state index in [1.165, 1.54) is 54.4 Å². The van der Waals surface area contributed by atoms with Crippen molar-refractivity contribution in [1.29, 1.82) is 0 Å². The van der Waals surface area contributed by atoms with Gasteiger partial charge in [0.1, 0.15) is 11.5 Å². The molecule has 0 spiro atoms. The Hall–Kier alpha value is -5.17. The van der Waals surface area contributed by atoms with Crippen LogP contribution < -0.4 is 19.5 Å². The van der Waals surface area contributed by atoms with E-state index in [9.17, 15) is 25.0 Å². The van der Waals surface area contributed by atoms with Crippen LogP contribution in [0.3, 0.4) is 0 Å². The van der Waals surface area contributed by atoms with Gasteiger partial charge in [-0.1, -0.05) is 23.7 Å². The van der Waals surface area contributed by atoms with E-state index in [0.717, 1.165) is 6.07 Å². The number of nitro benzene ring substituents is 2. The number of amides is 1. The predicted octanol–water partition coefficient (Wildman–Crippen LogP) is 5.44. The quantitative estimate of drug-likeness (QED) is 0.204. The van der Waals surface area contributed by atoms with Gasteiger partial charge in [0.25, 0.3) is 17.3 Å². The highest BCUT2D eigenvalue weighted by molar-refractivity contribution is 6.32. The minimum absolute atomic E-state index is 0.00194. The second kappa shape index (κ2) is 11.3. The van der Waals surface area contributed by atoms with Crippen LogP contribution in [-0.4, -0.2) is 32.6 Å². The largest absolute Gasteiger partial charge is 0.493 e. The van der Waals surface area contributed by atoms with Crippen molar-refractivity contribution in [2.45, 2.75) is 6.73 Å². The van der Waals surface area contributed by atoms with Crippen LogP contribution in [-0.2, 0) is 6.73 Å². The first-order chi connectivity index (χ1) is 18.2. The summed E-state index contributed by atoms with van der Waals surface area (Å²) in [6, 6.07) is 15.8. The predicted molar refractivity (Wildman–Crippen MR) is 135 cm³/mol. The van der Waals surface area contributed by atoms with Crippen LogP contribution in [0.15, 0.2) is 72.9 Å². The molecule has 13 nitrogen and oxygen atoms in total. The molecule has 3 aromatic carbocycles. The molecule has 0 saturated heterocycles. The van der Waals surface area contributed by atoms with Crippen LogP contribution in [0.5, 0.6) is 23.0 Å². The zero-order valence-electron chi connectivity index (χ0n) is 19.6. The zero-order chi connectivity index (χ0) is 27.2. The molecule has 4 aromatic rings. The van der Waals surface area contributed by atoms with Gasteiger partial charge in [0.2, 0.25) is 0 Å². The second-order valence-corrected chi connectivity index (χ2v) is 7.97. The van der Waals surface area contributed by atoms with E-state index < -0.39 is 15.8 Å². The Morgan fingerprint density at radius 2 is 1.71 bits per heavy atom. The average molecular weight is 540 g/mol. The average Bonchev–Trinajstić information content (AvgIpc) is 3.37. The van der Waals surface area contributed by atoms with Crippen molar-refractivity contribution in [3.8, 4) is 23.0 Å². The fourth-order valence-electron chi connectivity index (χ4n) is 3.26. The smallest absolute Gasteiger partial charge is 0.276 e. The van der Waals surface area contributed by atoms with Crippen LogP contribution in [0, 0.1) is 20.2 Å². The number of aromatic nitrogens is 2. The Kier molecular flexibility index (Phi) is 7.68. The van der Waals surface area contributed by atoms with E-state index in [2.05, 4.69) is 10.4 Å². The summed E-state index contributed by atoms with van der Waals surface area (Å²) in [5.41, 5.74) is -0.371. The standard InChI is InChI=1S/C24H18ClN5O8/c1-36-22-4-2-3-5-23(22)38-18-11-15(10-17(12-18)30(34)35)26-24(31)20-8-9-28(27-20)14-37-21-7-6-16(29(32)33)13-19(21)25/h2-13H,14H2,1H3,(H,26,31). The molecule has 0 saturated carbocycles. The molecular weight excluding hydrogens is 522 g/mol. The minimum Gasteiger partial charge on any atom is -0.493 e. The number of halogens is 1. The molecule has 0 aliphatic carbocycles. The fraction of sp³-hybridized carbons (Fsp3) is 0.0833. The van der Waals surface area contributed by atoms with Crippen LogP contribution in [0.2, 0.25) is 5.02 Å². The molecule has 0 bridgehead atoms. The monoisotopic (exact) mass is 539 g/mol. The number of ether oxygens (including phenoxy) is 3. The van der Waals surface area contributed by atoms with Crippen molar-refractivity contribution >= 4 is 34.6 Å². The number of carbonyl (C=O) groups is 1. The first-order valence-electron chi connectivity index (χ1n) is 10.8. The van der Waals surface area contributed by atoms with Gasteiger partial charge in [-0.15, -0.1) is 0 Å². The molecular formula is C24H18ClN5O8. The number of carbonyl (C=O) groups excluding carboxylic acids is 1. The lowest BCUT2D eigenvalue weighted by Gasteiger charge is -2.11. The molecule has 14 heteroatoms. The minimum atomic E-state index is -0.638. The third kappa shape index (κ3) is 6.14. The van der Waals surface area contributed by atoms with Crippen LogP contribution in [0.1, 0.15) is 10.5 Å². The number of anilines is 1. The summed E-state index contributed by atoms with van der Waals surface area (Å²) < 4.78 is 17.8. The van der Waals surface area contributed by atoms with Crippen molar-refractivity contribution in [2.75, 3.05) is 12.4 Å². The molecule has 0 fully saturated rings. The van der Waals surface area contributed by atoms with Gasteiger partial charge in [-0.05, 0) is 24.3 Å². The number of rotatable bonds is 10. The first kappa shape index (κ1) is 25.9. The molecule has 38 heavy (non-hydrogen) atoms. The molecule has 1 aromatic heterocycles. The van der Waals surface area contributed by atoms with Crippen molar-refractivity contribution < 1.29 is 28.9 Å². The summed E-state index contributed by atoms with van der Waals surface area (Å²) in [5.74, 6) is 0.420. The van der Waals surface area contributed by atoms with Crippen molar-refractivity contribution in [1.82, 2.24) is 9.78 Å². The second-order valence-electron chi connectivity index (χ2n) is 7.57. The SMILES string of the molecule is COc1ccccc1Oc1cc(NC(=O)c2ccn(COc3ccc([N+](=O)[O-])cc3Cl)n2)cc([N+](=O)[O-])c1. The first-order valence-corrected chi connectivity index (χ1v) is 11.1. The number of nitrogens with zero attached hydrogens (tertiary/aromatic N) is 4. The van der Waals surface area contributed by atoms with E-state index in [4.69, 9.17) is 25.8 Å². The zero-order valence-corrected chi connectivity index (χ0v) is 20.3. The van der Waals surface area contributed by atoms with Crippen molar-refractivity contribution in [3.05, 3.63) is 104 Å². The topological polar surface area (TPSA) is 161 Å².